The Bertz CT molecular complexity index is 1460. The molecule has 2 aliphatic rings. The van der Waals surface area contributed by atoms with E-state index in [0.717, 1.165) is 10.6 Å². The zero-order chi connectivity index (χ0) is 29.4. The van der Waals surface area contributed by atoms with Crippen molar-refractivity contribution in [3.8, 4) is 22.6 Å². The molecule has 0 radical (unpaired) electrons. The van der Waals surface area contributed by atoms with Gasteiger partial charge in [0, 0.05) is 24.2 Å². The quantitative estimate of drug-likeness (QED) is 0.306. The van der Waals surface area contributed by atoms with Crippen LogP contribution < -0.4 is 19.1 Å². The minimum Gasteiger partial charge on any atom is -0.496 e. The maximum atomic E-state index is 13.2. The predicted octanol–water partition coefficient (Wildman–Crippen LogP) is 5.35. The number of anilines is 2. The molecule has 1 N–H and O–H groups in total. The Morgan fingerprint density at radius 1 is 1.20 bits per heavy atom. The summed E-state index contributed by atoms with van der Waals surface area (Å²) < 4.78 is 41.6. The normalized spacial score (nSPS) is 18.2. The maximum absolute atomic E-state index is 13.2. The van der Waals surface area contributed by atoms with Gasteiger partial charge in [0.25, 0.3) is 5.91 Å². The first-order valence-electron chi connectivity index (χ1n) is 13.0. The van der Waals surface area contributed by atoms with Crippen molar-refractivity contribution in [2.75, 3.05) is 30.1 Å². The van der Waals surface area contributed by atoms with Gasteiger partial charge in [-0.05, 0) is 61.8 Å². The van der Waals surface area contributed by atoms with Crippen LogP contribution in [0.5, 0.6) is 11.5 Å². The third kappa shape index (κ3) is 6.25. The number of nitrogens with one attached hydrogen (secondary N) is 1. The van der Waals surface area contributed by atoms with Gasteiger partial charge in [-0.15, -0.1) is 11.8 Å². The highest BCUT2D eigenvalue weighted by atomic mass is 32.2. The van der Waals surface area contributed by atoms with Crippen molar-refractivity contribution >= 4 is 45.1 Å². The standard InChI is InChI=1S/C29H36N2O7S2/c1-17(2)16-40(34,35)38-19-9-10-21(24(14-19)36-7)20-11-12-23-26(31(6)28(33)29(4,5)30-23)22(20)15-37-27(32)25-13-8-18(3)39-25/h8-12,14,17,25,30H,13,15-16H2,1-7H3. The van der Waals surface area contributed by atoms with Gasteiger partial charge >= 0.3 is 16.1 Å². The van der Waals surface area contributed by atoms with E-state index in [0.29, 0.717) is 34.5 Å². The molecule has 0 fully saturated rings. The van der Waals surface area contributed by atoms with Gasteiger partial charge in [0.15, 0.2) is 0 Å². The van der Waals surface area contributed by atoms with Gasteiger partial charge in [-0.2, -0.15) is 8.42 Å². The molecule has 0 aromatic heterocycles. The third-order valence-corrected chi connectivity index (χ3v) is 9.43. The molecular formula is C29H36N2O7S2. The van der Waals surface area contributed by atoms with Crippen molar-refractivity contribution < 1.29 is 31.7 Å². The summed E-state index contributed by atoms with van der Waals surface area (Å²) in [7, 11) is -0.600. The lowest BCUT2D eigenvalue weighted by atomic mass is 9.92. The van der Waals surface area contributed by atoms with Crippen LogP contribution in [-0.2, 0) is 31.1 Å². The fourth-order valence-electron chi connectivity index (χ4n) is 4.94. The number of hydrogen-bond donors (Lipinski definition) is 1. The number of carbonyl (C=O) groups is 2. The Hall–Kier alpha value is -3.18. The lowest BCUT2D eigenvalue weighted by molar-refractivity contribution is -0.144. The first kappa shape index (κ1) is 29.8. The van der Waals surface area contributed by atoms with Gasteiger partial charge in [0.1, 0.15) is 28.9 Å². The van der Waals surface area contributed by atoms with E-state index in [4.69, 9.17) is 13.7 Å². The highest BCUT2D eigenvalue weighted by Gasteiger charge is 2.39. The number of likely N-dealkylation sites (N-methyl/N-ethyl adjacent to an activating group) is 1. The molecular weight excluding hydrogens is 552 g/mol. The van der Waals surface area contributed by atoms with Crippen molar-refractivity contribution in [3.05, 3.63) is 46.9 Å². The molecule has 9 nitrogen and oxygen atoms in total. The second-order valence-corrected chi connectivity index (χ2v) is 14.0. The van der Waals surface area contributed by atoms with Crippen LogP contribution in [-0.4, -0.2) is 51.0 Å². The van der Waals surface area contributed by atoms with Gasteiger partial charge < -0.3 is 23.9 Å². The first-order valence-corrected chi connectivity index (χ1v) is 15.5. The van der Waals surface area contributed by atoms with Gasteiger partial charge in [-0.1, -0.05) is 26.0 Å². The molecule has 0 spiro atoms. The van der Waals surface area contributed by atoms with Crippen LogP contribution in [0.25, 0.3) is 11.1 Å². The van der Waals surface area contributed by atoms with Crippen LogP contribution in [0, 0.1) is 5.92 Å². The van der Waals surface area contributed by atoms with E-state index >= 15 is 0 Å². The smallest absolute Gasteiger partial charge is 0.320 e. The molecule has 1 atom stereocenters. The molecule has 40 heavy (non-hydrogen) atoms. The lowest BCUT2D eigenvalue weighted by Crippen LogP contribution is -2.52. The zero-order valence-corrected chi connectivity index (χ0v) is 25.5. The number of benzene rings is 2. The molecule has 1 unspecified atom stereocenters. The maximum Gasteiger partial charge on any atom is 0.320 e. The summed E-state index contributed by atoms with van der Waals surface area (Å²) in [5.41, 5.74) is 2.44. The Balaban J connectivity index is 1.76. The molecule has 2 aromatic carbocycles. The molecule has 0 saturated carbocycles. The van der Waals surface area contributed by atoms with E-state index in [1.54, 1.807) is 37.9 Å². The van der Waals surface area contributed by atoms with Gasteiger partial charge in [-0.3, -0.25) is 9.59 Å². The second kappa shape index (κ2) is 11.4. The highest BCUT2D eigenvalue weighted by molar-refractivity contribution is 8.04. The zero-order valence-electron chi connectivity index (χ0n) is 23.9. The number of fused-ring (bicyclic) bond motifs is 1. The summed E-state index contributed by atoms with van der Waals surface area (Å²) in [5, 5.41) is 2.99. The number of carbonyl (C=O) groups excluding carboxylic acids is 2. The number of methoxy groups -OCH3 is 1. The fraction of sp³-hybridized carbons (Fsp3) is 0.448. The average molecular weight is 589 g/mol. The predicted molar refractivity (Wildman–Crippen MR) is 158 cm³/mol. The van der Waals surface area contributed by atoms with Crippen LogP contribution in [0.3, 0.4) is 0 Å². The Morgan fingerprint density at radius 2 is 1.90 bits per heavy atom. The van der Waals surface area contributed by atoms with E-state index in [-0.39, 0.29) is 41.2 Å². The van der Waals surface area contributed by atoms with Crippen LogP contribution in [0.4, 0.5) is 11.4 Å². The summed E-state index contributed by atoms with van der Waals surface area (Å²) in [6, 6.07) is 8.53. The number of ether oxygens (including phenoxy) is 2. The largest absolute Gasteiger partial charge is 0.496 e. The van der Waals surface area contributed by atoms with Gasteiger partial charge in [0.05, 0.1) is 24.2 Å². The van der Waals surface area contributed by atoms with Crippen LogP contribution >= 0.6 is 11.8 Å². The van der Waals surface area contributed by atoms with Crippen molar-refractivity contribution in [2.45, 2.75) is 58.4 Å². The van der Waals surface area contributed by atoms with E-state index < -0.39 is 15.7 Å². The first-order chi connectivity index (χ1) is 18.7. The number of rotatable bonds is 9. The van der Waals surface area contributed by atoms with Crippen molar-refractivity contribution in [1.82, 2.24) is 0 Å². The number of allylic oxidation sites excluding steroid dienone is 2. The summed E-state index contributed by atoms with van der Waals surface area (Å²) in [5.74, 6) is -0.173. The number of esters is 1. The molecule has 11 heteroatoms. The van der Waals surface area contributed by atoms with E-state index in [9.17, 15) is 18.0 Å². The second-order valence-electron chi connectivity index (χ2n) is 10.9. The number of amides is 1. The molecule has 0 aliphatic carbocycles. The molecule has 0 saturated heterocycles. The molecule has 2 aliphatic heterocycles. The Labute approximate surface area is 240 Å². The van der Waals surface area contributed by atoms with Gasteiger partial charge in [-0.25, -0.2) is 0 Å². The summed E-state index contributed by atoms with van der Waals surface area (Å²) in [6.07, 6.45) is 2.62. The Morgan fingerprint density at radius 3 is 2.52 bits per heavy atom. The number of hydrogen-bond acceptors (Lipinski definition) is 9. The third-order valence-electron chi connectivity index (χ3n) is 6.70. The Kier molecular flexibility index (Phi) is 8.46. The van der Waals surface area contributed by atoms with Crippen LogP contribution in [0.1, 0.15) is 46.6 Å². The number of nitrogens with zero attached hydrogens (tertiary/aromatic N) is 1. The lowest BCUT2D eigenvalue weighted by Gasteiger charge is -2.39. The van der Waals surface area contributed by atoms with Crippen LogP contribution in [0.2, 0.25) is 0 Å². The van der Waals surface area contributed by atoms with E-state index in [1.165, 1.54) is 24.9 Å². The van der Waals surface area contributed by atoms with Crippen molar-refractivity contribution in [1.29, 1.82) is 0 Å². The number of thioether (sulfide) groups is 1. The summed E-state index contributed by atoms with van der Waals surface area (Å²) >= 11 is 1.48. The summed E-state index contributed by atoms with van der Waals surface area (Å²) in [6.45, 7) is 9.11. The highest BCUT2D eigenvalue weighted by Crippen LogP contribution is 2.45. The average Bonchev–Trinajstić information content (AvgIpc) is 3.30. The molecule has 1 amide bonds. The SMILES string of the molecule is COc1cc(OS(=O)(=O)CC(C)C)ccc1-c1ccc2c(c1COC(=O)C1CC=C(C)S1)N(C)C(=O)C(C)(C)N2. The molecule has 4 rings (SSSR count). The van der Waals surface area contributed by atoms with E-state index in [2.05, 4.69) is 5.32 Å². The molecule has 216 valence electrons. The van der Waals surface area contributed by atoms with Crippen molar-refractivity contribution in [3.63, 3.8) is 0 Å². The molecule has 2 heterocycles. The topological polar surface area (TPSA) is 111 Å². The van der Waals surface area contributed by atoms with Gasteiger partial charge in [0.2, 0.25) is 0 Å². The minimum atomic E-state index is -3.78. The molecule has 0 bridgehead atoms. The van der Waals surface area contributed by atoms with Crippen LogP contribution in [0.15, 0.2) is 41.3 Å². The fourth-order valence-corrected chi connectivity index (χ4v) is 7.22. The van der Waals surface area contributed by atoms with E-state index in [1.807, 2.05) is 39.0 Å². The minimum absolute atomic E-state index is 0.0721. The molecule has 2 aromatic rings. The van der Waals surface area contributed by atoms with Crippen molar-refractivity contribution in [2.24, 2.45) is 5.92 Å². The monoisotopic (exact) mass is 588 g/mol. The summed E-state index contributed by atoms with van der Waals surface area (Å²) in [4.78, 5) is 28.8.